The summed E-state index contributed by atoms with van der Waals surface area (Å²) in [6, 6.07) is 0. The Morgan fingerprint density at radius 3 is 1.60 bits per heavy atom. The van der Waals surface area contributed by atoms with Crippen LogP contribution in [0.5, 0.6) is 0 Å². The molecule has 0 atom stereocenters. The van der Waals surface area contributed by atoms with Gasteiger partial charge in [-0.1, -0.05) is 19.8 Å². The van der Waals surface area contributed by atoms with Crippen LogP contribution in [0, 0.1) is 5.92 Å². The first-order valence-electron chi connectivity index (χ1n) is 1.89. The van der Waals surface area contributed by atoms with Gasteiger partial charge < -0.3 is 0 Å². The van der Waals surface area contributed by atoms with Crippen molar-refractivity contribution in [3.8, 4) is 0 Å². The molecule has 0 amide bonds. The van der Waals surface area contributed by atoms with E-state index >= 15 is 0 Å². The Labute approximate surface area is 45.1 Å². The zero-order chi connectivity index (χ0) is 2.99. The Hall–Kier alpha value is 0.597. The predicted molar refractivity (Wildman–Crippen MR) is 25.5 cm³/mol. The van der Waals surface area contributed by atoms with Crippen LogP contribution >= 0.6 is 0 Å². The van der Waals surface area contributed by atoms with E-state index in [1.54, 1.807) is 0 Å². The fraction of sp³-hybridized carbons (Fsp3) is 1.00. The van der Waals surface area contributed by atoms with Crippen LogP contribution in [0.2, 0.25) is 0 Å². The molecule has 1 aliphatic rings. The molecule has 1 aliphatic carbocycles. The van der Waals surface area contributed by atoms with Gasteiger partial charge in [0, 0.05) is 0 Å². The topological polar surface area (TPSA) is 0 Å². The summed E-state index contributed by atoms with van der Waals surface area (Å²) in [5, 5.41) is 0. The second kappa shape index (κ2) is 1.90. The first-order valence-corrected chi connectivity index (χ1v) is 1.89. The maximum absolute atomic E-state index is 2.28. The summed E-state index contributed by atoms with van der Waals surface area (Å²) < 4.78 is 0. The summed E-state index contributed by atoms with van der Waals surface area (Å²) in [7, 11) is 0. The number of hydrogen-bond acceptors (Lipinski definition) is 0. The predicted octanol–water partition coefficient (Wildman–Crippen LogP) is 0.768. The first kappa shape index (κ1) is 5.60. The van der Waals surface area contributed by atoms with E-state index < -0.39 is 0 Å². The zero-order valence-electron chi connectivity index (χ0n) is 2.99. The second-order valence-corrected chi connectivity index (χ2v) is 1.68. The van der Waals surface area contributed by atoms with Gasteiger partial charge in [0.2, 0.25) is 0 Å². The van der Waals surface area contributed by atoms with E-state index in [0.717, 1.165) is 5.92 Å². The fourth-order valence-corrected chi connectivity index (χ4v) is 0.167. The molecule has 0 N–H and O–H groups in total. The molecule has 0 aromatic heterocycles. The standard InChI is InChI=1S/C4H8.Li.H/c1-4-2-3-4;;/h4H,2-3H2,1H3;;. The third-order valence-corrected chi connectivity index (χ3v) is 0.866. The van der Waals surface area contributed by atoms with Crippen LogP contribution in [0.15, 0.2) is 0 Å². The van der Waals surface area contributed by atoms with E-state index in [9.17, 15) is 0 Å². The van der Waals surface area contributed by atoms with Crippen LogP contribution in [0.1, 0.15) is 19.8 Å². The Morgan fingerprint density at radius 1 is 1.40 bits per heavy atom. The fourth-order valence-electron chi connectivity index (χ4n) is 0.167. The average Bonchev–Trinajstić information content (AvgIpc) is 1.75. The van der Waals surface area contributed by atoms with Gasteiger partial charge in [-0.25, -0.2) is 0 Å². The molecule has 1 saturated carbocycles. The average molecular weight is 64.1 g/mol. The summed E-state index contributed by atoms with van der Waals surface area (Å²) in [4.78, 5) is 0. The first-order chi connectivity index (χ1) is 1.89. The Balaban J connectivity index is 0.000000160. The number of rotatable bonds is 0. The van der Waals surface area contributed by atoms with Crippen molar-refractivity contribution in [2.45, 2.75) is 19.8 Å². The summed E-state index contributed by atoms with van der Waals surface area (Å²) in [5.74, 6) is 1.08. The van der Waals surface area contributed by atoms with Crippen molar-refractivity contribution in [3.63, 3.8) is 0 Å². The molecule has 1 rings (SSSR count). The van der Waals surface area contributed by atoms with Gasteiger partial charge in [-0.2, -0.15) is 0 Å². The van der Waals surface area contributed by atoms with Crippen LogP contribution in [0.3, 0.4) is 0 Å². The van der Waals surface area contributed by atoms with Crippen molar-refractivity contribution in [3.05, 3.63) is 0 Å². The van der Waals surface area contributed by atoms with Crippen LogP contribution in [0.25, 0.3) is 0 Å². The third kappa shape index (κ3) is 2.40. The molecule has 0 aromatic carbocycles. The molecular formula is C4H9Li. The van der Waals surface area contributed by atoms with Gasteiger partial charge >= 0.3 is 18.9 Å². The van der Waals surface area contributed by atoms with Gasteiger partial charge in [-0.05, 0) is 5.92 Å². The van der Waals surface area contributed by atoms with Crippen molar-refractivity contribution in [2.24, 2.45) is 5.92 Å². The van der Waals surface area contributed by atoms with Gasteiger partial charge in [-0.15, -0.1) is 0 Å². The van der Waals surface area contributed by atoms with E-state index in [1.165, 1.54) is 12.8 Å². The number of hydrogen-bond donors (Lipinski definition) is 0. The van der Waals surface area contributed by atoms with Crippen LogP contribution in [0.4, 0.5) is 0 Å². The SMILES string of the molecule is CC1CC1.[LiH]. The van der Waals surface area contributed by atoms with Crippen molar-refractivity contribution >= 4 is 18.9 Å². The third-order valence-electron chi connectivity index (χ3n) is 0.866. The van der Waals surface area contributed by atoms with Crippen molar-refractivity contribution in [1.82, 2.24) is 0 Å². The minimum atomic E-state index is 0. The van der Waals surface area contributed by atoms with Crippen molar-refractivity contribution < 1.29 is 0 Å². The van der Waals surface area contributed by atoms with Gasteiger partial charge in [0.25, 0.3) is 0 Å². The summed E-state index contributed by atoms with van der Waals surface area (Å²) in [6.07, 6.45) is 2.97. The van der Waals surface area contributed by atoms with Crippen molar-refractivity contribution in [2.75, 3.05) is 0 Å². The van der Waals surface area contributed by atoms with Crippen LogP contribution < -0.4 is 0 Å². The molecule has 0 aromatic rings. The maximum atomic E-state index is 2.28. The Kier molecular flexibility index (Phi) is 2.13. The molecule has 0 spiro atoms. The van der Waals surface area contributed by atoms with Gasteiger partial charge in [0.1, 0.15) is 0 Å². The molecule has 0 unspecified atom stereocenters. The molecule has 0 bridgehead atoms. The monoisotopic (exact) mass is 64.1 g/mol. The van der Waals surface area contributed by atoms with Gasteiger partial charge in [0.15, 0.2) is 0 Å². The zero-order valence-corrected chi connectivity index (χ0v) is 2.99. The van der Waals surface area contributed by atoms with E-state index in [2.05, 4.69) is 6.92 Å². The van der Waals surface area contributed by atoms with Crippen molar-refractivity contribution in [1.29, 1.82) is 0 Å². The molecule has 0 radical (unpaired) electrons. The molecule has 0 heterocycles. The summed E-state index contributed by atoms with van der Waals surface area (Å²) in [5.41, 5.74) is 0. The van der Waals surface area contributed by atoms with E-state index in [-0.39, 0.29) is 18.9 Å². The second-order valence-electron chi connectivity index (χ2n) is 1.68. The van der Waals surface area contributed by atoms with Crippen LogP contribution in [-0.4, -0.2) is 18.9 Å². The Bertz CT molecular complexity index is 22.8. The molecule has 0 saturated heterocycles. The van der Waals surface area contributed by atoms with Gasteiger partial charge in [0.05, 0.1) is 0 Å². The minimum absolute atomic E-state index is 0. The van der Waals surface area contributed by atoms with Gasteiger partial charge in [-0.3, -0.25) is 0 Å². The molecular weight excluding hydrogens is 55.0 g/mol. The summed E-state index contributed by atoms with van der Waals surface area (Å²) in [6.45, 7) is 2.28. The normalized spacial score (nSPS) is 21.0. The quantitative estimate of drug-likeness (QED) is 0.365. The molecule has 0 aliphatic heterocycles. The molecule has 5 heavy (non-hydrogen) atoms. The van der Waals surface area contributed by atoms with E-state index in [0.29, 0.717) is 0 Å². The Morgan fingerprint density at radius 2 is 1.60 bits per heavy atom. The molecule has 1 fully saturated rings. The van der Waals surface area contributed by atoms with E-state index in [4.69, 9.17) is 0 Å². The summed E-state index contributed by atoms with van der Waals surface area (Å²) >= 11 is 0. The van der Waals surface area contributed by atoms with Crippen LogP contribution in [-0.2, 0) is 0 Å². The van der Waals surface area contributed by atoms with E-state index in [1.807, 2.05) is 0 Å². The molecule has 0 nitrogen and oxygen atoms in total. The molecule has 1 heteroatoms. The molecule has 26 valence electrons.